The zero-order chi connectivity index (χ0) is 17.3. The molecule has 124 valence electrons. The number of nitrogens with one attached hydrogen (secondary N) is 1. The number of aromatic nitrogens is 3. The number of hydrogen-bond acceptors (Lipinski definition) is 6. The molecule has 0 aromatic carbocycles. The first-order valence-electron chi connectivity index (χ1n) is 7.56. The first-order chi connectivity index (χ1) is 11.5. The Labute approximate surface area is 138 Å². The van der Waals surface area contributed by atoms with Crippen LogP contribution < -0.4 is 15.4 Å². The molecule has 0 unspecified atom stereocenters. The Hall–Kier alpha value is -2.95. The quantitative estimate of drug-likeness (QED) is 0.903. The molecular formula is C16H17FN6O. The zero-order valence-electron chi connectivity index (χ0n) is 13.5. The van der Waals surface area contributed by atoms with E-state index in [-0.39, 0.29) is 5.69 Å². The Morgan fingerprint density at radius 3 is 2.83 bits per heavy atom. The Balaban J connectivity index is 1.59. The van der Waals surface area contributed by atoms with Gasteiger partial charge in [-0.1, -0.05) is 0 Å². The fourth-order valence-corrected chi connectivity index (χ4v) is 2.72. The van der Waals surface area contributed by atoms with Crippen LogP contribution in [-0.2, 0) is 0 Å². The molecule has 1 aliphatic rings. The highest BCUT2D eigenvalue weighted by atomic mass is 19.1. The van der Waals surface area contributed by atoms with Crippen LogP contribution in [0.4, 0.5) is 16.2 Å². The van der Waals surface area contributed by atoms with E-state index < -0.39 is 11.4 Å². The SMILES string of the molecule is Cc1nc(N(C)CC2CN(c3ccc(C#N)cn3)C2)[nH]c(=O)c1F. The second-order valence-electron chi connectivity index (χ2n) is 5.96. The Morgan fingerprint density at radius 2 is 2.25 bits per heavy atom. The van der Waals surface area contributed by atoms with Crippen molar-refractivity contribution < 1.29 is 4.39 Å². The monoisotopic (exact) mass is 328 g/mol. The van der Waals surface area contributed by atoms with E-state index in [0.717, 1.165) is 18.9 Å². The molecule has 3 heterocycles. The molecule has 0 spiro atoms. The summed E-state index contributed by atoms with van der Waals surface area (Å²) in [6.45, 7) is 3.83. The second-order valence-corrected chi connectivity index (χ2v) is 5.96. The molecule has 0 bridgehead atoms. The number of pyridine rings is 1. The van der Waals surface area contributed by atoms with Gasteiger partial charge in [-0.2, -0.15) is 9.65 Å². The smallest absolute Gasteiger partial charge is 0.288 e. The largest absolute Gasteiger partial charge is 0.356 e. The lowest BCUT2D eigenvalue weighted by Gasteiger charge is -2.41. The van der Waals surface area contributed by atoms with Crippen molar-refractivity contribution in [2.45, 2.75) is 6.92 Å². The van der Waals surface area contributed by atoms with E-state index in [4.69, 9.17) is 5.26 Å². The van der Waals surface area contributed by atoms with Crippen molar-refractivity contribution in [3.63, 3.8) is 0 Å². The fraction of sp³-hybridized carbons (Fsp3) is 0.375. The summed E-state index contributed by atoms with van der Waals surface area (Å²) >= 11 is 0. The van der Waals surface area contributed by atoms with Gasteiger partial charge in [0.25, 0.3) is 5.56 Å². The van der Waals surface area contributed by atoms with Gasteiger partial charge in [-0.3, -0.25) is 9.78 Å². The summed E-state index contributed by atoms with van der Waals surface area (Å²) in [5, 5.41) is 8.78. The molecule has 2 aromatic heterocycles. The summed E-state index contributed by atoms with van der Waals surface area (Å²) in [5.74, 6) is 0.767. The summed E-state index contributed by atoms with van der Waals surface area (Å²) in [5.41, 5.74) is -0.115. The van der Waals surface area contributed by atoms with Crippen LogP contribution in [0.2, 0.25) is 0 Å². The summed E-state index contributed by atoms with van der Waals surface area (Å²) in [7, 11) is 1.82. The molecule has 0 atom stereocenters. The summed E-state index contributed by atoms with van der Waals surface area (Å²) in [6.07, 6.45) is 1.56. The van der Waals surface area contributed by atoms with Crippen molar-refractivity contribution in [1.82, 2.24) is 15.0 Å². The van der Waals surface area contributed by atoms with Gasteiger partial charge in [-0.25, -0.2) is 9.97 Å². The highest BCUT2D eigenvalue weighted by Gasteiger charge is 2.29. The lowest BCUT2D eigenvalue weighted by molar-refractivity contribution is 0.408. The number of aryl methyl sites for hydroxylation is 1. The van der Waals surface area contributed by atoms with Gasteiger partial charge >= 0.3 is 0 Å². The van der Waals surface area contributed by atoms with Gasteiger partial charge in [0.15, 0.2) is 0 Å². The lowest BCUT2D eigenvalue weighted by atomic mass is 9.99. The molecule has 2 aromatic rings. The zero-order valence-corrected chi connectivity index (χ0v) is 13.5. The van der Waals surface area contributed by atoms with E-state index in [9.17, 15) is 9.18 Å². The van der Waals surface area contributed by atoms with Crippen molar-refractivity contribution >= 4 is 11.8 Å². The minimum Gasteiger partial charge on any atom is -0.356 e. The van der Waals surface area contributed by atoms with E-state index >= 15 is 0 Å². The highest BCUT2D eigenvalue weighted by Crippen LogP contribution is 2.24. The van der Waals surface area contributed by atoms with Gasteiger partial charge in [0.1, 0.15) is 11.9 Å². The molecule has 24 heavy (non-hydrogen) atoms. The van der Waals surface area contributed by atoms with Crippen LogP contribution in [-0.4, -0.2) is 41.6 Å². The van der Waals surface area contributed by atoms with E-state index in [1.165, 1.54) is 6.92 Å². The van der Waals surface area contributed by atoms with Gasteiger partial charge in [0.2, 0.25) is 11.8 Å². The van der Waals surface area contributed by atoms with Crippen LogP contribution in [0.1, 0.15) is 11.3 Å². The van der Waals surface area contributed by atoms with E-state index in [1.54, 1.807) is 12.3 Å². The number of halogens is 1. The third-order valence-electron chi connectivity index (χ3n) is 4.07. The Morgan fingerprint density at radius 1 is 1.50 bits per heavy atom. The van der Waals surface area contributed by atoms with Gasteiger partial charge in [-0.05, 0) is 19.1 Å². The maximum absolute atomic E-state index is 13.3. The van der Waals surface area contributed by atoms with Crippen LogP contribution >= 0.6 is 0 Å². The number of nitriles is 1. The number of rotatable bonds is 4. The van der Waals surface area contributed by atoms with Crippen LogP contribution in [0.25, 0.3) is 0 Å². The third-order valence-corrected chi connectivity index (χ3v) is 4.07. The van der Waals surface area contributed by atoms with Gasteiger partial charge in [0, 0.05) is 38.8 Å². The molecule has 0 saturated carbocycles. The number of H-pyrrole nitrogens is 1. The van der Waals surface area contributed by atoms with Crippen molar-refractivity contribution in [3.8, 4) is 6.07 Å². The first-order valence-corrected chi connectivity index (χ1v) is 7.56. The number of hydrogen-bond donors (Lipinski definition) is 1. The van der Waals surface area contributed by atoms with E-state index in [2.05, 4.69) is 19.9 Å². The average molecular weight is 328 g/mol. The number of aromatic amines is 1. The van der Waals surface area contributed by atoms with Crippen molar-refractivity contribution in [3.05, 3.63) is 45.8 Å². The van der Waals surface area contributed by atoms with Gasteiger partial charge in [0.05, 0.1) is 11.3 Å². The average Bonchev–Trinajstić information content (AvgIpc) is 2.55. The Kier molecular flexibility index (Phi) is 4.16. The number of anilines is 2. The molecule has 1 N–H and O–H groups in total. The molecule has 0 amide bonds. The van der Waals surface area contributed by atoms with Crippen molar-refractivity contribution in [2.75, 3.05) is 36.5 Å². The third kappa shape index (κ3) is 3.06. The van der Waals surface area contributed by atoms with Crippen molar-refractivity contribution in [1.29, 1.82) is 5.26 Å². The van der Waals surface area contributed by atoms with Gasteiger partial charge in [-0.15, -0.1) is 0 Å². The van der Waals surface area contributed by atoms with Crippen molar-refractivity contribution in [2.24, 2.45) is 5.92 Å². The highest BCUT2D eigenvalue weighted by molar-refractivity contribution is 5.44. The molecule has 7 nitrogen and oxygen atoms in total. The van der Waals surface area contributed by atoms with Crippen LogP contribution in [0.15, 0.2) is 23.1 Å². The lowest BCUT2D eigenvalue weighted by Crippen LogP contribution is -2.51. The molecule has 0 radical (unpaired) electrons. The fourth-order valence-electron chi connectivity index (χ4n) is 2.72. The van der Waals surface area contributed by atoms with Gasteiger partial charge < -0.3 is 9.80 Å². The minimum atomic E-state index is -0.839. The van der Waals surface area contributed by atoms with Crippen LogP contribution in [0.5, 0.6) is 0 Å². The van der Waals surface area contributed by atoms with Crippen LogP contribution in [0.3, 0.4) is 0 Å². The van der Waals surface area contributed by atoms with E-state index in [0.29, 0.717) is 24.0 Å². The molecule has 3 rings (SSSR count). The standard InChI is InChI=1S/C16H17FN6O/c1-10-14(17)15(24)21-16(20-10)22(2)7-12-8-23(9-12)13-4-3-11(5-18)6-19-13/h3-4,6,12H,7-9H2,1-2H3,(H,20,21,24). The molecule has 1 fully saturated rings. The van der Waals surface area contributed by atoms with Crippen LogP contribution in [0, 0.1) is 30.0 Å². The second kappa shape index (κ2) is 6.28. The molecule has 0 aliphatic carbocycles. The Bertz CT molecular complexity index is 835. The predicted molar refractivity (Wildman–Crippen MR) is 87.5 cm³/mol. The maximum Gasteiger partial charge on any atom is 0.288 e. The number of nitrogens with zero attached hydrogens (tertiary/aromatic N) is 5. The minimum absolute atomic E-state index is 0.0950. The maximum atomic E-state index is 13.3. The molecule has 1 saturated heterocycles. The summed E-state index contributed by atoms with van der Waals surface area (Å²) in [6, 6.07) is 5.63. The summed E-state index contributed by atoms with van der Waals surface area (Å²) < 4.78 is 13.3. The predicted octanol–water partition coefficient (Wildman–Crippen LogP) is 1.06. The first kappa shape index (κ1) is 15.9. The molecule has 8 heteroatoms. The van der Waals surface area contributed by atoms with E-state index in [1.807, 2.05) is 24.1 Å². The molecular weight excluding hydrogens is 311 g/mol. The normalized spacial score (nSPS) is 14.2. The topological polar surface area (TPSA) is 88.9 Å². The summed E-state index contributed by atoms with van der Waals surface area (Å²) in [4.78, 5) is 26.2. The molecule has 1 aliphatic heterocycles.